The number of phenols is 2. The van der Waals surface area contributed by atoms with Gasteiger partial charge in [0.15, 0.2) is 29.3 Å². The van der Waals surface area contributed by atoms with Gasteiger partial charge in [0.2, 0.25) is 0 Å². The average Bonchev–Trinajstić information content (AvgIpc) is 2.91. The molecular weight excluding hydrogens is 488 g/mol. The Balaban J connectivity index is 1.78. The minimum atomic E-state index is -1.63. The number of phenolic OH excluding ortho intramolecular Hbond substituents is 2. The molecule has 37 heavy (non-hydrogen) atoms. The van der Waals surface area contributed by atoms with Crippen LogP contribution in [-0.4, -0.2) is 95.1 Å². The number of aldehydes is 1. The van der Waals surface area contributed by atoms with Gasteiger partial charge in [-0.1, -0.05) is 12.1 Å². The van der Waals surface area contributed by atoms with Gasteiger partial charge in [-0.15, -0.1) is 0 Å². The molecule has 200 valence electrons. The van der Waals surface area contributed by atoms with Crippen LogP contribution < -0.4 is 9.47 Å². The monoisotopic (exact) mass is 518 g/mol. The first-order valence-corrected chi connectivity index (χ1v) is 11.6. The second-order valence-electron chi connectivity index (χ2n) is 8.93. The highest BCUT2D eigenvalue weighted by atomic mass is 16.7. The third kappa shape index (κ3) is 4.89. The van der Waals surface area contributed by atoms with Crippen LogP contribution in [0.4, 0.5) is 0 Å². The highest BCUT2D eigenvalue weighted by molar-refractivity contribution is 5.86. The second kappa shape index (κ2) is 11.1. The molecule has 0 bridgehead atoms. The van der Waals surface area contributed by atoms with Crippen LogP contribution in [0.1, 0.15) is 22.6 Å². The minimum absolute atomic E-state index is 0.0922. The highest BCUT2D eigenvalue weighted by Gasteiger charge is 2.45. The quantitative estimate of drug-likeness (QED) is 0.265. The molecule has 2 aromatic rings. The Kier molecular flexibility index (Phi) is 8.02. The van der Waals surface area contributed by atoms with Crippen molar-refractivity contribution in [2.45, 2.75) is 36.6 Å². The van der Waals surface area contributed by atoms with E-state index in [1.807, 2.05) is 0 Å². The summed E-state index contributed by atoms with van der Waals surface area (Å²) in [5, 5.41) is 60.7. The Bertz CT molecular complexity index is 1160. The summed E-state index contributed by atoms with van der Waals surface area (Å²) in [4.78, 5) is 12.2. The Morgan fingerprint density at radius 1 is 0.973 bits per heavy atom. The number of hydrogen-bond donors (Lipinski definition) is 6. The summed E-state index contributed by atoms with van der Waals surface area (Å²) in [7, 11) is 2.80. The van der Waals surface area contributed by atoms with Gasteiger partial charge in [-0.05, 0) is 41.0 Å². The molecule has 2 aliphatic rings. The van der Waals surface area contributed by atoms with E-state index in [4.69, 9.17) is 18.9 Å². The largest absolute Gasteiger partial charge is 0.504 e. The number of carbonyl (C=O) groups is 1. The second-order valence-corrected chi connectivity index (χ2v) is 8.93. The zero-order chi connectivity index (χ0) is 26.9. The van der Waals surface area contributed by atoms with Crippen molar-refractivity contribution >= 4 is 12.4 Å². The molecule has 1 heterocycles. The van der Waals surface area contributed by atoms with Crippen LogP contribution >= 0.6 is 0 Å². The van der Waals surface area contributed by atoms with Crippen LogP contribution in [-0.2, 0) is 14.3 Å². The van der Waals surface area contributed by atoms with E-state index in [2.05, 4.69) is 0 Å². The van der Waals surface area contributed by atoms with Crippen molar-refractivity contribution in [3.8, 4) is 23.0 Å². The number of fused-ring (bicyclic) bond motifs is 1. The predicted molar refractivity (Wildman–Crippen MR) is 128 cm³/mol. The van der Waals surface area contributed by atoms with Gasteiger partial charge in [-0.2, -0.15) is 0 Å². The molecule has 1 aliphatic carbocycles. The number of ether oxygens (including phenoxy) is 4. The number of benzene rings is 2. The van der Waals surface area contributed by atoms with Crippen molar-refractivity contribution in [3.63, 3.8) is 0 Å². The molecule has 0 aromatic heterocycles. The first-order chi connectivity index (χ1) is 17.7. The standard InChI is InChI=1S/C26H30O11/c1-34-18-8-13(3-5-16(18)29)20-15(11-36-26-24(33)23(32)22(31)19(10-28)37-26)14(9-27)7-12-4-6-17(30)25(35-2)21(12)20/h3-9,15,19-20,22-24,26,28-33H,10-11H2,1-2H3/t15-,19+,20+,22+,23-,24+,26+/m0/s1. The van der Waals surface area contributed by atoms with E-state index in [-0.39, 0.29) is 29.6 Å². The van der Waals surface area contributed by atoms with Crippen molar-refractivity contribution in [2.75, 3.05) is 27.4 Å². The van der Waals surface area contributed by atoms with Crippen LogP contribution in [0, 0.1) is 5.92 Å². The van der Waals surface area contributed by atoms with E-state index < -0.39 is 49.1 Å². The van der Waals surface area contributed by atoms with Gasteiger partial charge in [-0.3, -0.25) is 4.79 Å². The van der Waals surface area contributed by atoms with Crippen molar-refractivity contribution < 1.29 is 54.4 Å². The molecule has 0 unspecified atom stereocenters. The van der Waals surface area contributed by atoms with E-state index in [9.17, 15) is 35.4 Å². The molecule has 4 rings (SSSR count). The topological polar surface area (TPSA) is 175 Å². The van der Waals surface area contributed by atoms with Crippen LogP contribution in [0.5, 0.6) is 23.0 Å². The Hall–Kier alpha value is -3.19. The van der Waals surface area contributed by atoms with Crippen molar-refractivity contribution in [2.24, 2.45) is 5.92 Å². The normalized spacial score (nSPS) is 29.2. The summed E-state index contributed by atoms with van der Waals surface area (Å²) in [6.45, 7) is -0.827. The van der Waals surface area contributed by atoms with Crippen molar-refractivity contribution in [1.82, 2.24) is 0 Å². The van der Waals surface area contributed by atoms with Gasteiger partial charge in [-0.25, -0.2) is 0 Å². The molecule has 7 atom stereocenters. The molecule has 1 fully saturated rings. The summed E-state index contributed by atoms with van der Waals surface area (Å²) in [6, 6.07) is 7.79. The highest BCUT2D eigenvalue weighted by Crippen LogP contribution is 2.50. The molecule has 1 aliphatic heterocycles. The number of aromatic hydroxyl groups is 2. The zero-order valence-electron chi connectivity index (χ0n) is 20.2. The number of hydrogen-bond acceptors (Lipinski definition) is 11. The van der Waals surface area contributed by atoms with Crippen molar-refractivity contribution in [3.05, 3.63) is 52.6 Å². The third-order valence-corrected chi connectivity index (χ3v) is 6.86. The molecule has 6 N–H and O–H groups in total. The number of methoxy groups -OCH3 is 2. The van der Waals surface area contributed by atoms with Gasteiger partial charge in [0.25, 0.3) is 0 Å². The molecule has 2 aromatic carbocycles. The maximum atomic E-state index is 12.2. The maximum absolute atomic E-state index is 12.2. The smallest absolute Gasteiger partial charge is 0.186 e. The van der Waals surface area contributed by atoms with Gasteiger partial charge in [0, 0.05) is 17.4 Å². The van der Waals surface area contributed by atoms with Crippen LogP contribution in [0.3, 0.4) is 0 Å². The summed E-state index contributed by atoms with van der Waals surface area (Å²) in [5.74, 6) is -1.19. The lowest BCUT2D eigenvalue weighted by molar-refractivity contribution is -0.302. The van der Waals surface area contributed by atoms with Crippen LogP contribution in [0.25, 0.3) is 6.08 Å². The summed E-state index contributed by atoms with van der Waals surface area (Å²) in [6.07, 6.45) is -5.05. The fourth-order valence-electron chi connectivity index (χ4n) is 4.95. The van der Waals surface area contributed by atoms with Crippen LogP contribution in [0.2, 0.25) is 0 Å². The van der Waals surface area contributed by atoms with Gasteiger partial charge in [0.05, 0.1) is 27.4 Å². The molecular formula is C26H30O11. The van der Waals surface area contributed by atoms with E-state index in [1.54, 1.807) is 24.3 Å². The number of aliphatic hydroxyl groups is 4. The Morgan fingerprint density at radius 2 is 1.70 bits per heavy atom. The molecule has 0 saturated carbocycles. The Labute approximate surface area is 212 Å². The maximum Gasteiger partial charge on any atom is 0.186 e. The minimum Gasteiger partial charge on any atom is -0.504 e. The lowest BCUT2D eigenvalue weighted by Crippen LogP contribution is -2.59. The first kappa shape index (κ1) is 26.9. The molecule has 1 saturated heterocycles. The van der Waals surface area contributed by atoms with E-state index in [1.165, 1.54) is 26.4 Å². The van der Waals surface area contributed by atoms with E-state index in [0.717, 1.165) is 0 Å². The van der Waals surface area contributed by atoms with Crippen molar-refractivity contribution in [1.29, 1.82) is 0 Å². The fraction of sp³-hybridized carbons (Fsp3) is 0.423. The van der Waals surface area contributed by atoms with Gasteiger partial charge < -0.3 is 49.6 Å². The van der Waals surface area contributed by atoms with E-state index >= 15 is 0 Å². The lowest BCUT2D eigenvalue weighted by atomic mass is 9.71. The molecule has 0 radical (unpaired) electrons. The summed E-state index contributed by atoms with van der Waals surface area (Å²) >= 11 is 0. The lowest BCUT2D eigenvalue weighted by Gasteiger charge is -2.41. The predicted octanol–water partition coefficient (Wildman–Crippen LogP) is 0.275. The molecule has 0 amide bonds. The third-order valence-electron chi connectivity index (χ3n) is 6.86. The zero-order valence-corrected chi connectivity index (χ0v) is 20.2. The number of carbonyl (C=O) groups excluding carboxylic acids is 1. The average molecular weight is 519 g/mol. The van der Waals surface area contributed by atoms with Gasteiger partial charge in [0.1, 0.15) is 30.7 Å². The van der Waals surface area contributed by atoms with E-state index in [0.29, 0.717) is 28.5 Å². The number of aliphatic hydroxyl groups excluding tert-OH is 4. The first-order valence-electron chi connectivity index (χ1n) is 11.6. The summed E-state index contributed by atoms with van der Waals surface area (Å²) in [5.41, 5.74) is 2.12. The summed E-state index contributed by atoms with van der Waals surface area (Å²) < 4.78 is 22.1. The van der Waals surface area contributed by atoms with Crippen LogP contribution in [0.15, 0.2) is 35.9 Å². The molecule has 0 spiro atoms. The number of rotatable bonds is 8. The van der Waals surface area contributed by atoms with Gasteiger partial charge >= 0.3 is 0 Å². The molecule has 11 heteroatoms. The molecule has 11 nitrogen and oxygen atoms in total. The fourth-order valence-corrected chi connectivity index (χ4v) is 4.95. The SMILES string of the molecule is COc1cc([C@H]2c3c(ccc(O)c3OC)C=C(C=O)[C@@H]2CO[C@@H]2O[C@H](CO)[C@@H](O)[C@H](O)[C@H]2O)ccc1O. The Morgan fingerprint density at radius 3 is 2.35 bits per heavy atom.